The molecule has 26 heavy (non-hydrogen) atoms. The van der Waals surface area contributed by atoms with Gasteiger partial charge in [0.25, 0.3) is 5.91 Å². The van der Waals surface area contributed by atoms with Crippen molar-refractivity contribution in [1.82, 2.24) is 0 Å². The molecule has 0 saturated heterocycles. The third kappa shape index (κ3) is 5.24. The molecular formula is C20H23NO5. The van der Waals surface area contributed by atoms with Crippen LogP contribution in [-0.2, 0) is 14.3 Å². The monoisotopic (exact) mass is 357 g/mol. The summed E-state index contributed by atoms with van der Waals surface area (Å²) in [6, 6.07) is 12.7. The average Bonchev–Trinajstić information content (AvgIpc) is 2.61. The number of amides is 1. The van der Waals surface area contributed by atoms with Crippen LogP contribution in [0.4, 0.5) is 5.69 Å². The van der Waals surface area contributed by atoms with Gasteiger partial charge in [0.1, 0.15) is 11.5 Å². The van der Waals surface area contributed by atoms with Crippen LogP contribution in [0.25, 0.3) is 0 Å². The van der Waals surface area contributed by atoms with Crippen LogP contribution in [0.2, 0.25) is 0 Å². The first-order chi connectivity index (χ1) is 12.4. The summed E-state index contributed by atoms with van der Waals surface area (Å²) in [5.41, 5.74) is 2.55. The number of anilines is 1. The van der Waals surface area contributed by atoms with Gasteiger partial charge in [-0.15, -0.1) is 0 Å². The van der Waals surface area contributed by atoms with Gasteiger partial charge in [-0.1, -0.05) is 29.8 Å². The van der Waals surface area contributed by atoms with Gasteiger partial charge in [0.05, 0.1) is 12.8 Å². The summed E-state index contributed by atoms with van der Waals surface area (Å²) in [4.78, 5) is 24.1. The standard InChI is InChI=1S/C20H23NO5/c1-13-9-10-17(14(2)11-13)25-12-19(22)26-15(3)20(23)21-16-7-5-6-8-18(16)24-4/h5-11,15H,12H2,1-4H3,(H,21,23)/t15-/m1/s1. The molecule has 6 nitrogen and oxygen atoms in total. The zero-order chi connectivity index (χ0) is 19.1. The molecule has 0 aliphatic carbocycles. The molecule has 6 heteroatoms. The topological polar surface area (TPSA) is 73.9 Å². The minimum atomic E-state index is -0.963. The first-order valence-electron chi connectivity index (χ1n) is 8.24. The summed E-state index contributed by atoms with van der Waals surface area (Å²) in [7, 11) is 1.51. The summed E-state index contributed by atoms with van der Waals surface area (Å²) in [6.45, 7) is 5.11. The first-order valence-corrected chi connectivity index (χ1v) is 8.24. The highest BCUT2D eigenvalue weighted by atomic mass is 16.6. The number of benzene rings is 2. The fourth-order valence-corrected chi connectivity index (χ4v) is 2.36. The van der Waals surface area contributed by atoms with Crippen LogP contribution in [0.1, 0.15) is 18.1 Å². The largest absolute Gasteiger partial charge is 0.495 e. The quantitative estimate of drug-likeness (QED) is 0.770. The number of nitrogens with one attached hydrogen (secondary N) is 1. The Morgan fingerprint density at radius 2 is 1.81 bits per heavy atom. The van der Waals surface area contributed by atoms with Crippen LogP contribution in [-0.4, -0.2) is 31.7 Å². The number of ether oxygens (including phenoxy) is 3. The van der Waals surface area contributed by atoms with E-state index >= 15 is 0 Å². The minimum Gasteiger partial charge on any atom is -0.495 e. The number of para-hydroxylation sites is 2. The Kier molecular flexibility index (Phi) is 6.60. The van der Waals surface area contributed by atoms with Gasteiger partial charge in [0.15, 0.2) is 12.7 Å². The minimum absolute atomic E-state index is 0.268. The summed E-state index contributed by atoms with van der Waals surface area (Å²) >= 11 is 0. The number of hydrogen-bond donors (Lipinski definition) is 1. The zero-order valence-corrected chi connectivity index (χ0v) is 15.4. The number of carbonyl (C=O) groups is 2. The number of aryl methyl sites for hydroxylation is 2. The molecule has 2 rings (SSSR count). The Labute approximate surface area is 153 Å². The van der Waals surface area contributed by atoms with Crippen molar-refractivity contribution in [1.29, 1.82) is 0 Å². The summed E-state index contributed by atoms with van der Waals surface area (Å²) < 4.78 is 15.8. The maximum atomic E-state index is 12.2. The molecule has 0 saturated carbocycles. The second kappa shape index (κ2) is 8.89. The van der Waals surface area contributed by atoms with E-state index in [1.54, 1.807) is 30.3 Å². The van der Waals surface area contributed by atoms with Crippen LogP contribution in [0.5, 0.6) is 11.5 Å². The van der Waals surface area contributed by atoms with E-state index in [2.05, 4.69) is 5.32 Å². The predicted molar refractivity (Wildman–Crippen MR) is 98.6 cm³/mol. The Bertz CT molecular complexity index is 788. The predicted octanol–water partition coefficient (Wildman–Crippen LogP) is 3.26. The lowest BCUT2D eigenvalue weighted by Gasteiger charge is -2.15. The highest BCUT2D eigenvalue weighted by Gasteiger charge is 2.19. The van der Waals surface area contributed by atoms with E-state index in [0.29, 0.717) is 17.2 Å². The molecule has 0 radical (unpaired) electrons. The maximum absolute atomic E-state index is 12.2. The third-order valence-corrected chi connectivity index (χ3v) is 3.72. The molecule has 2 aromatic carbocycles. The smallest absolute Gasteiger partial charge is 0.344 e. The highest BCUT2D eigenvalue weighted by molar-refractivity contribution is 5.96. The Morgan fingerprint density at radius 3 is 2.50 bits per heavy atom. The van der Waals surface area contributed by atoms with Gasteiger partial charge >= 0.3 is 5.97 Å². The van der Waals surface area contributed by atoms with Crippen LogP contribution in [0.3, 0.4) is 0 Å². The number of methoxy groups -OCH3 is 1. The molecule has 1 N–H and O–H groups in total. The molecule has 0 aliphatic rings. The second-order valence-corrected chi connectivity index (χ2v) is 5.88. The summed E-state index contributed by atoms with van der Waals surface area (Å²) in [6.07, 6.45) is -0.963. The summed E-state index contributed by atoms with van der Waals surface area (Å²) in [5.74, 6) is 0.0678. The van der Waals surface area contributed by atoms with Crippen molar-refractivity contribution in [2.75, 3.05) is 19.0 Å². The zero-order valence-electron chi connectivity index (χ0n) is 15.4. The van der Waals surface area contributed by atoms with E-state index in [9.17, 15) is 9.59 Å². The summed E-state index contributed by atoms with van der Waals surface area (Å²) in [5, 5.41) is 2.67. The maximum Gasteiger partial charge on any atom is 0.344 e. The van der Waals surface area contributed by atoms with Gasteiger partial charge in [-0.2, -0.15) is 0 Å². The lowest BCUT2D eigenvalue weighted by atomic mass is 10.1. The van der Waals surface area contributed by atoms with Crippen LogP contribution in [0, 0.1) is 13.8 Å². The Balaban J connectivity index is 1.86. The molecule has 0 spiro atoms. The normalized spacial score (nSPS) is 11.4. The van der Waals surface area contributed by atoms with Gasteiger partial charge < -0.3 is 19.5 Å². The molecule has 138 valence electrons. The van der Waals surface area contributed by atoms with Crippen LogP contribution < -0.4 is 14.8 Å². The van der Waals surface area contributed by atoms with E-state index in [0.717, 1.165) is 11.1 Å². The molecule has 0 heterocycles. The van der Waals surface area contributed by atoms with Crippen molar-refractivity contribution in [2.24, 2.45) is 0 Å². The van der Waals surface area contributed by atoms with E-state index in [-0.39, 0.29) is 6.61 Å². The SMILES string of the molecule is COc1ccccc1NC(=O)[C@@H](C)OC(=O)COc1ccc(C)cc1C. The third-order valence-electron chi connectivity index (χ3n) is 3.72. The molecule has 1 atom stereocenters. The van der Waals surface area contributed by atoms with Crippen molar-refractivity contribution < 1.29 is 23.8 Å². The van der Waals surface area contributed by atoms with Crippen molar-refractivity contribution in [3.63, 3.8) is 0 Å². The lowest BCUT2D eigenvalue weighted by molar-refractivity contribution is -0.155. The Morgan fingerprint density at radius 1 is 1.08 bits per heavy atom. The van der Waals surface area contributed by atoms with E-state index < -0.39 is 18.0 Å². The number of rotatable bonds is 7. The fraction of sp³-hybridized carbons (Fsp3) is 0.300. The number of carbonyl (C=O) groups excluding carboxylic acids is 2. The van der Waals surface area contributed by atoms with Gasteiger partial charge in [-0.05, 0) is 44.5 Å². The van der Waals surface area contributed by atoms with Crippen molar-refractivity contribution in [3.8, 4) is 11.5 Å². The Hall–Kier alpha value is -3.02. The molecule has 0 fully saturated rings. The van der Waals surface area contributed by atoms with E-state index in [1.165, 1.54) is 14.0 Å². The number of esters is 1. The highest BCUT2D eigenvalue weighted by Crippen LogP contribution is 2.23. The molecule has 2 aromatic rings. The van der Waals surface area contributed by atoms with Crippen molar-refractivity contribution in [2.45, 2.75) is 26.9 Å². The fourth-order valence-electron chi connectivity index (χ4n) is 2.36. The van der Waals surface area contributed by atoms with Crippen molar-refractivity contribution in [3.05, 3.63) is 53.6 Å². The average molecular weight is 357 g/mol. The van der Waals surface area contributed by atoms with Crippen molar-refractivity contribution >= 4 is 17.6 Å². The first kappa shape index (κ1) is 19.3. The lowest BCUT2D eigenvalue weighted by Crippen LogP contribution is -2.31. The second-order valence-electron chi connectivity index (χ2n) is 5.88. The molecule has 1 amide bonds. The molecule has 0 bridgehead atoms. The number of hydrogen-bond acceptors (Lipinski definition) is 5. The molecule has 0 unspecified atom stereocenters. The van der Waals surface area contributed by atoms with E-state index in [1.807, 2.05) is 26.0 Å². The van der Waals surface area contributed by atoms with Gasteiger partial charge in [0.2, 0.25) is 0 Å². The van der Waals surface area contributed by atoms with Crippen LogP contribution >= 0.6 is 0 Å². The van der Waals surface area contributed by atoms with Crippen LogP contribution in [0.15, 0.2) is 42.5 Å². The van der Waals surface area contributed by atoms with Gasteiger partial charge in [0, 0.05) is 0 Å². The van der Waals surface area contributed by atoms with E-state index in [4.69, 9.17) is 14.2 Å². The molecule has 0 aliphatic heterocycles. The molecule has 0 aromatic heterocycles. The van der Waals surface area contributed by atoms with Gasteiger partial charge in [-0.25, -0.2) is 4.79 Å². The molecular weight excluding hydrogens is 334 g/mol. The van der Waals surface area contributed by atoms with Gasteiger partial charge in [-0.3, -0.25) is 4.79 Å².